The van der Waals surface area contributed by atoms with E-state index in [0.29, 0.717) is 11.1 Å². The molecule has 1 aromatic carbocycles. The number of hydrogen-bond acceptors (Lipinski definition) is 3. The van der Waals surface area contributed by atoms with Gasteiger partial charge in [-0.15, -0.1) is 6.42 Å². The molecule has 1 rings (SSSR count). The minimum atomic E-state index is -3.26. The molecule has 15 heavy (non-hydrogen) atoms. The van der Waals surface area contributed by atoms with Crippen LogP contribution in [0.15, 0.2) is 24.3 Å². The smallest absolute Gasteiger partial charge is 0.165 e. The van der Waals surface area contributed by atoms with Crippen molar-refractivity contribution >= 4 is 9.84 Å². The highest BCUT2D eigenvalue weighted by atomic mass is 32.2. The highest BCUT2D eigenvalue weighted by Crippen LogP contribution is 2.08. The molecule has 4 heteroatoms. The van der Waals surface area contributed by atoms with E-state index in [0.717, 1.165) is 0 Å². The molecule has 3 nitrogen and oxygen atoms in total. The van der Waals surface area contributed by atoms with Crippen molar-refractivity contribution in [2.75, 3.05) is 5.75 Å². The first-order valence-corrected chi connectivity index (χ1v) is 6.02. The highest BCUT2D eigenvalue weighted by Gasteiger charge is 2.10. The largest absolute Gasteiger partial charge is 0.228 e. The monoisotopic (exact) mass is 219 g/mol. The van der Waals surface area contributed by atoms with Crippen LogP contribution in [0.25, 0.3) is 0 Å². The van der Waals surface area contributed by atoms with Crippen molar-refractivity contribution in [3.63, 3.8) is 0 Å². The lowest BCUT2D eigenvalue weighted by Crippen LogP contribution is -2.07. The number of terminal acetylenes is 1. The van der Waals surface area contributed by atoms with Crippen molar-refractivity contribution in [1.82, 2.24) is 0 Å². The quantitative estimate of drug-likeness (QED) is 0.715. The molecular weight excluding hydrogens is 210 g/mol. The van der Waals surface area contributed by atoms with E-state index in [1.165, 1.54) is 0 Å². The number of benzene rings is 1. The Labute approximate surface area is 89.3 Å². The molecule has 0 amide bonds. The molecule has 0 aliphatic heterocycles. The number of hydrogen-bond donors (Lipinski definition) is 0. The molecule has 0 radical (unpaired) electrons. The van der Waals surface area contributed by atoms with Crippen LogP contribution < -0.4 is 0 Å². The van der Waals surface area contributed by atoms with Crippen molar-refractivity contribution < 1.29 is 8.42 Å². The lowest BCUT2D eigenvalue weighted by Gasteiger charge is -2.01. The number of sulfone groups is 1. The summed E-state index contributed by atoms with van der Waals surface area (Å²) in [6, 6.07) is 8.44. The fourth-order valence-electron chi connectivity index (χ4n) is 1.16. The predicted molar refractivity (Wildman–Crippen MR) is 57.5 cm³/mol. The number of nitriles is 1. The van der Waals surface area contributed by atoms with Gasteiger partial charge in [-0.25, -0.2) is 8.42 Å². The van der Waals surface area contributed by atoms with Gasteiger partial charge in [0.25, 0.3) is 0 Å². The first-order chi connectivity index (χ1) is 7.07. The average Bonchev–Trinajstić information content (AvgIpc) is 2.17. The summed E-state index contributed by atoms with van der Waals surface area (Å²) in [4.78, 5) is 0. The summed E-state index contributed by atoms with van der Waals surface area (Å²) in [5.74, 6) is 1.71. The van der Waals surface area contributed by atoms with Crippen molar-refractivity contribution in [1.29, 1.82) is 5.26 Å². The summed E-state index contributed by atoms with van der Waals surface area (Å²) < 4.78 is 22.7. The second kappa shape index (κ2) is 4.63. The minimum absolute atomic E-state index is 0.118. The van der Waals surface area contributed by atoms with Crippen molar-refractivity contribution in [3.05, 3.63) is 35.4 Å². The maximum Gasteiger partial charge on any atom is 0.165 e. The van der Waals surface area contributed by atoms with Gasteiger partial charge >= 0.3 is 0 Å². The van der Waals surface area contributed by atoms with Crippen molar-refractivity contribution in [3.8, 4) is 18.4 Å². The maximum absolute atomic E-state index is 11.4. The van der Waals surface area contributed by atoms with E-state index in [1.54, 1.807) is 24.3 Å². The normalized spacial score (nSPS) is 10.3. The summed E-state index contributed by atoms with van der Waals surface area (Å²) in [6.45, 7) is 0. The van der Waals surface area contributed by atoms with Gasteiger partial charge in [-0.2, -0.15) is 5.26 Å². The van der Waals surface area contributed by atoms with Crippen LogP contribution in [-0.4, -0.2) is 14.2 Å². The van der Waals surface area contributed by atoms with Gasteiger partial charge in [0.1, 0.15) is 5.75 Å². The summed E-state index contributed by atoms with van der Waals surface area (Å²) in [7, 11) is -3.26. The Kier molecular flexibility index (Phi) is 3.49. The zero-order chi connectivity index (χ0) is 11.3. The van der Waals surface area contributed by atoms with Crippen LogP contribution in [0.5, 0.6) is 0 Å². The van der Waals surface area contributed by atoms with E-state index in [2.05, 4.69) is 5.92 Å². The van der Waals surface area contributed by atoms with Crippen molar-refractivity contribution in [2.24, 2.45) is 0 Å². The van der Waals surface area contributed by atoms with E-state index in [1.807, 2.05) is 6.07 Å². The Hall–Kier alpha value is -1.78. The van der Waals surface area contributed by atoms with Gasteiger partial charge in [-0.3, -0.25) is 0 Å². The average molecular weight is 219 g/mol. The Bertz CT molecular complexity index is 532. The van der Waals surface area contributed by atoms with Crippen molar-refractivity contribution in [2.45, 2.75) is 5.75 Å². The first kappa shape index (κ1) is 11.3. The SMILES string of the molecule is C#CCS(=O)(=O)Cc1cccc(C#N)c1. The molecule has 0 bridgehead atoms. The fourth-order valence-corrected chi connectivity index (χ4v) is 2.21. The Morgan fingerprint density at radius 2 is 2.13 bits per heavy atom. The highest BCUT2D eigenvalue weighted by molar-refractivity contribution is 7.90. The van der Waals surface area contributed by atoms with Gasteiger partial charge in [-0.05, 0) is 17.7 Å². The van der Waals surface area contributed by atoms with E-state index < -0.39 is 9.84 Å². The third-order valence-electron chi connectivity index (χ3n) is 1.75. The first-order valence-electron chi connectivity index (χ1n) is 4.20. The summed E-state index contributed by atoms with van der Waals surface area (Å²) in [5.41, 5.74) is 1.03. The minimum Gasteiger partial charge on any atom is -0.228 e. The lowest BCUT2D eigenvalue weighted by molar-refractivity contribution is 0.598. The Morgan fingerprint density at radius 1 is 1.40 bits per heavy atom. The van der Waals surface area contributed by atoms with E-state index in [4.69, 9.17) is 11.7 Å². The van der Waals surface area contributed by atoms with Gasteiger partial charge in [0.15, 0.2) is 9.84 Å². The van der Waals surface area contributed by atoms with Gasteiger partial charge in [0.05, 0.1) is 17.4 Å². The van der Waals surface area contributed by atoms with Crippen LogP contribution in [-0.2, 0) is 15.6 Å². The maximum atomic E-state index is 11.4. The van der Waals surface area contributed by atoms with Gasteiger partial charge < -0.3 is 0 Å². The molecular formula is C11H9NO2S. The van der Waals surface area contributed by atoms with Crippen LogP contribution >= 0.6 is 0 Å². The van der Waals surface area contributed by atoms with E-state index in [-0.39, 0.29) is 11.5 Å². The van der Waals surface area contributed by atoms with Crippen LogP contribution in [0, 0.1) is 23.7 Å². The standard InChI is InChI=1S/C11H9NO2S/c1-2-6-15(13,14)9-11-5-3-4-10(7-11)8-12/h1,3-5,7H,6,9H2. The second-order valence-corrected chi connectivity index (χ2v) is 5.11. The van der Waals surface area contributed by atoms with Crippen LogP contribution in [0.2, 0.25) is 0 Å². The zero-order valence-electron chi connectivity index (χ0n) is 7.97. The molecule has 0 unspecified atom stereocenters. The predicted octanol–water partition coefficient (Wildman–Crippen LogP) is 1.11. The molecule has 0 aromatic heterocycles. The number of nitrogens with zero attached hydrogens (tertiary/aromatic N) is 1. The third-order valence-corrected chi connectivity index (χ3v) is 3.13. The van der Waals surface area contributed by atoms with Gasteiger partial charge in [-0.1, -0.05) is 18.1 Å². The fraction of sp³-hybridized carbons (Fsp3) is 0.182. The molecule has 0 N–H and O–H groups in total. The topological polar surface area (TPSA) is 57.9 Å². The van der Waals surface area contributed by atoms with Gasteiger partial charge in [0.2, 0.25) is 0 Å². The summed E-state index contributed by atoms with van der Waals surface area (Å²) in [5, 5.41) is 8.63. The molecule has 1 aromatic rings. The Balaban J connectivity index is 2.92. The molecule has 0 spiro atoms. The summed E-state index contributed by atoms with van der Waals surface area (Å²) in [6.07, 6.45) is 4.94. The lowest BCUT2D eigenvalue weighted by atomic mass is 10.2. The van der Waals surface area contributed by atoms with Gasteiger partial charge in [0, 0.05) is 0 Å². The van der Waals surface area contributed by atoms with E-state index in [9.17, 15) is 8.42 Å². The van der Waals surface area contributed by atoms with E-state index >= 15 is 0 Å². The molecule has 0 aliphatic rings. The molecule has 0 saturated carbocycles. The zero-order valence-corrected chi connectivity index (χ0v) is 8.79. The Morgan fingerprint density at radius 3 is 2.73 bits per heavy atom. The second-order valence-electron chi connectivity index (χ2n) is 3.05. The van der Waals surface area contributed by atoms with Crippen LogP contribution in [0.1, 0.15) is 11.1 Å². The molecule has 0 aliphatic carbocycles. The molecule has 0 saturated heterocycles. The summed E-state index contributed by atoms with van der Waals surface area (Å²) >= 11 is 0. The van der Waals surface area contributed by atoms with Crippen LogP contribution in [0.3, 0.4) is 0 Å². The molecule has 0 atom stereocenters. The molecule has 76 valence electrons. The third kappa shape index (κ3) is 3.46. The molecule has 0 heterocycles. The van der Waals surface area contributed by atoms with Crippen LogP contribution in [0.4, 0.5) is 0 Å². The number of rotatable bonds is 3. The molecule has 0 fully saturated rings.